The van der Waals surface area contributed by atoms with Gasteiger partial charge in [-0.2, -0.15) is 0 Å². The van der Waals surface area contributed by atoms with Crippen LogP contribution in [0, 0.1) is 5.82 Å². The Morgan fingerprint density at radius 3 is 2.80 bits per heavy atom. The molecule has 0 fully saturated rings. The SMILES string of the molecule is CC(C)NCc1ccccc1OCc1cncc(F)c1. The number of aromatic nitrogens is 1. The number of benzene rings is 1. The molecule has 0 radical (unpaired) electrons. The smallest absolute Gasteiger partial charge is 0.141 e. The van der Waals surface area contributed by atoms with Crippen LogP contribution < -0.4 is 10.1 Å². The molecule has 0 aliphatic heterocycles. The second kappa shape index (κ2) is 7.01. The number of nitrogens with one attached hydrogen (secondary N) is 1. The molecular formula is C16H19FN2O. The van der Waals surface area contributed by atoms with E-state index in [1.165, 1.54) is 12.3 Å². The Labute approximate surface area is 118 Å². The van der Waals surface area contributed by atoms with Crippen LogP contribution in [0.3, 0.4) is 0 Å². The molecule has 0 aliphatic carbocycles. The molecule has 0 atom stereocenters. The third-order valence-electron chi connectivity index (χ3n) is 2.83. The van der Waals surface area contributed by atoms with Crippen molar-refractivity contribution < 1.29 is 9.13 Å². The van der Waals surface area contributed by atoms with Crippen molar-refractivity contribution in [2.45, 2.75) is 33.0 Å². The largest absolute Gasteiger partial charge is 0.489 e. The molecule has 2 aromatic rings. The molecule has 1 heterocycles. The molecule has 0 saturated heterocycles. The first-order valence-corrected chi connectivity index (χ1v) is 6.68. The topological polar surface area (TPSA) is 34.1 Å². The third-order valence-corrected chi connectivity index (χ3v) is 2.83. The van der Waals surface area contributed by atoms with E-state index in [4.69, 9.17) is 4.74 Å². The molecule has 1 aromatic carbocycles. The average Bonchev–Trinajstić information content (AvgIpc) is 2.44. The van der Waals surface area contributed by atoms with Gasteiger partial charge in [0, 0.05) is 29.9 Å². The molecule has 20 heavy (non-hydrogen) atoms. The van der Waals surface area contributed by atoms with Crippen LogP contribution in [0.4, 0.5) is 4.39 Å². The van der Waals surface area contributed by atoms with Gasteiger partial charge in [0.05, 0.1) is 6.20 Å². The van der Waals surface area contributed by atoms with Crippen molar-refractivity contribution in [2.75, 3.05) is 0 Å². The molecule has 3 nitrogen and oxygen atoms in total. The summed E-state index contributed by atoms with van der Waals surface area (Å²) in [4.78, 5) is 3.81. The van der Waals surface area contributed by atoms with E-state index in [9.17, 15) is 4.39 Å². The van der Waals surface area contributed by atoms with E-state index in [1.54, 1.807) is 6.20 Å². The fourth-order valence-electron chi connectivity index (χ4n) is 1.80. The van der Waals surface area contributed by atoms with Crippen LogP contribution in [0.25, 0.3) is 0 Å². The van der Waals surface area contributed by atoms with Crippen molar-refractivity contribution in [3.8, 4) is 5.75 Å². The molecular weight excluding hydrogens is 255 g/mol. The number of hydrogen-bond acceptors (Lipinski definition) is 3. The fourth-order valence-corrected chi connectivity index (χ4v) is 1.80. The molecule has 2 rings (SSSR count). The monoisotopic (exact) mass is 274 g/mol. The highest BCUT2D eigenvalue weighted by Gasteiger charge is 2.04. The number of ether oxygens (including phenoxy) is 1. The van der Waals surface area contributed by atoms with Gasteiger partial charge in [0.15, 0.2) is 0 Å². The number of nitrogens with zero attached hydrogens (tertiary/aromatic N) is 1. The minimum Gasteiger partial charge on any atom is -0.489 e. The fraction of sp³-hybridized carbons (Fsp3) is 0.312. The lowest BCUT2D eigenvalue weighted by Crippen LogP contribution is -2.22. The Kier molecular flexibility index (Phi) is 5.07. The molecule has 1 aromatic heterocycles. The molecule has 1 N–H and O–H groups in total. The number of pyridine rings is 1. The molecule has 4 heteroatoms. The molecule has 0 unspecified atom stereocenters. The van der Waals surface area contributed by atoms with Crippen molar-refractivity contribution in [3.63, 3.8) is 0 Å². The Bertz CT molecular complexity index is 558. The summed E-state index contributed by atoms with van der Waals surface area (Å²) in [6, 6.07) is 9.70. The van der Waals surface area contributed by atoms with E-state index < -0.39 is 0 Å². The summed E-state index contributed by atoms with van der Waals surface area (Å²) in [5.74, 6) is 0.464. The Hall–Kier alpha value is -1.94. The highest BCUT2D eigenvalue weighted by Crippen LogP contribution is 2.19. The predicted octanol–water partition coefficient (Wildman–Crippen LogP) is 3.30. The highest BCUT2D eigenvalue weighted by atomic mass is 19.1. The first-order chi connectivity index (χ1) is 9.65. The zero-order valence-corrected chi connectivity index (χ0v) is 11.8. The lowest BCUT2D eigenvalue weighted by molar-refractivity contribution is 0.300. The van der Waals surface area contributed by atoms with E-state index in [-0.39, 0.29) is 5.82 Å². The number of rotatable bonds is 6. The molecule has 0 saturated carbocycles. The van der Waals surface area contributed by atoms with Gasteiger partial charge < -0.3 is 10.1 Å². The van der Waals surface area contributed by atoms with Crippen LogP contribution >= 0.6 is 0 Å². The minimum atomic E-state index is -0.346. The maximum Gasteiger partial charge on any atom is 0.141 e. The van der Waals surface area contributed by atoms with Gasteiger partial charge in [-0.25, -0.2) is 4.39 Å². The van der Waals surface area contributed by atoms with Crippen molar-refractivity contribution in [2.24, 2.45) is 0 Å². The van der Waals surface area contributed by atoms with Crippen LogP contribution in [0.2, 0.25) is 0 Å². The maximum atomic E-state index is 13.1. The van der Waals surface area contributed by atoms with Crippen LogP contribution in [0.15, 0.2) is 42.7 Å². The summed E-state index contributed by atoms with van der Waals surface area (Å²) < 4.78 is 18.8. The molecule has 0 aliphatic rings. The lowest BCUT2D eigenvalue weighted by Gasteiger charge is -2.13. The van der Waals surface area contributed by atoms with Crippen LogP contribution in [-0.2, 0) is 13.2 Å². The maximum absolute atomic E-state index is 13.1. The van der Waals surface area contributed by atoms with E-state index in [2.05, 4.69) is 24.1 Å². The summed E-state index contributed by atoms with van der Waals surface area (Å²) in [5.41, 5.74) is 1.81. The van der Waals surface area contributed by atoms with Gasteiger partial charge in [0.1, 0.15) is 18.2 Å². The van der Waals surface area contributed by atoms with Gasteiger partial charge >= 0.3 is 0 Å². The Balaban J connectivity index is 2.02. The third kappa shape index (κ3) is 4.31. The Morgan fingerprint density at radius 2 is 2.05 bits per heavy atom. The number of hydrogen-bond donors (Lipinski definition) is 1. The van der Waals surface area contributed by atoms with E-state index >= 15 is 0 Å². The number of halogens is 1. The van der Waals surface area contributed by atoms with Crippen LogP contribution in [-0.4, -0.2) is 11.0 Å². The first kappa shape index (κ1) is 14.5. The molecule has 0 bridgehead atoms. The van der Waals surface area contributed by atoms with Gasteiger partial charge in [-0.15, -0.1) is 0 Å². The van der Waals surface area contributed by atoms with Crippen LogP contribution in [0.1, 0.15) is 25.0 Å². The second-order valence-corrected chi connectivity index (χ2v) is 4.94. The van der Waals surface area contributed by atoms with Gasteiger partial charge in [0.25, 0.3) is 0 Å². The number of para-hydroxylation sites is 1. The summed E-state index contributed by atoms with van der Waals surface area (Å²) in [6.45, 7) is 5.25. The van der Waals surface area contributed by atoms with Crippen LogP contribution in [0.5, 0.6) is 5.75 Å². The summed E-state index contributed by atoms with van der Waals surface area (Å²) in [7, 11) is 0. The summed E-state index contributed by atoms with van der Waals surface area (Å²) in [6.07, 6.45) is 2.79. The lowest BCUT2D eigenvalue weighted by atomic mass is 10.2. The standard InChI is InChI=1S/C16H19FN2O/c1-12(2)19-9-14-5-3-4-6-16(14)20-11-13-7-15(17)10-18-8-13/h3-8,10,12,19H,9,11H2,1-2H3. The van der Waals surface area contributed by atoms with Gasteiger partial charge in [-0.05, 0) is 12.1 Å². The normalized spacial score (nSPS) is 10.8. The summed E-state index contributed by atoms with van der Waals surface area (Å²) >= 11 is 0. The van der Waals surface area contributed by atoms with E-state index in [1.807, 2.05) is 24.3 Å². The average molecular weight is 274 g/mol. The second-order valence-electron chi connectivity index (χ2n) is 4.94. The van der Waals surface area contributed by atoms with E-state index in [0.717, 1.165) is 23.4 Å². The van der Waals surface area contributed by atoms with Gasteiger partial charge in [-0.3, -0.25) is 4.98 Å². The zero-order valence-electron chi connectivity index (χ0n) is 11.8. The first-order valence-electron chi connectivity index (χ1n) is 6.68. The van der Waals surface area contributed by atoms with Crippen molar-refractivity contribution in [3.05, 3.63) is 59.7 Å². The van der Waals surface area contributed by atoms with E-state index in [0.29, 0.717) is 12.6 Å². The Morgan fingerprint density at radius 1 is 1.25 bits per heavy atom. The highest BCUT2D eigenvalue weighted by molar-refractivity contribution is 5.33. The minimum absolute atomic E-state index is 0.309. The van der Waals surface area contributed by atoms with Crippen molar-refractivity contribution in [1.29, 1.82) is 0 Å². The van der Waals surface area contributed by atoms with Crippen molar-refractivity contribution in [1.82, 2.24) is 10.3 Å². The van der Waals surface area contributed by atoms with Gasteiger partial charge in [-0.1, -0.05) is 32.0 Å². The van der Waals surface area contributed by atoms with Crippen molar-refractivity contribution >= 4 is 0 Å². The molecule has 0 amide bonds. The summed E-state index contributed by atoms with van der Waals surface area (Å²) in [5, 5.41) is 3.36. The quantitative estimate of drug-likeness (QED) is 0.877. The molecule has 0 spiro atoms. The van der Waals surface area contributed by atoms with Gasteiger partial charge in [0.2, 0.25) is 0 Å². The zero-order chi connectivity index (χ0) is 14.4. The predicted molar refractivity (Wildman–Crippen MR) is 76.9 cm³/mol. The molecule has 106 valence electrons.